The van der Waals surface area contributed by atoms with Gasteiger partial charge >= 0.3 is 0 Å². The number of halogens is 3. The summed E-state index contributed by atoms with van der Waals surface area (Å²) in [6, 6.07) is 1.93. The fraction of sp³-hybridized carbons (Fsp3) is 0.182. The van der Waals surface area contributed by atoms with Crippen LogP contribution in [0.4, 0.5) is 5.82 Å². The third kappa shape index (κ3) is 2.83. The minimum atomic E-state index is 0.608. The van der Waals surface area contributed by atoms with E-state index in [1.807, 2.05) is 20.0 Å². The Morgan fingerprint density at radius 2 is 2.00 bits per heavy atom. The van der Waals surface area contributed by atoms with Gasteiger partial charge in [0.1, 0.15) is 11.5 Å². The maximum Gasteiger partial charge on any atom is 0.181 e. The van der Waals surface area contributed by atoms with Crippen molar-refractivity contribution in [3.05, 3.63) is 30.5 Å². The first-order valence-electron chi connectivity index (χ1n) is 5.06. The van der Waals surface area contributed by atoms with E-state index in [1.165, 1.54) is 0 Å². The number of aryl methyl sites for hydroxylation is 1. The van der Waals surface area contributed by atoms with Gasteiger partial charge in [-0.05, 0) is 67.4 Å². The third-order valence-corrected chi connectivity index (χ3v) is 4.60. The lowest BCUT2D eigenvalue weighted by Crippen LogP contribution is -2.03. The monoisotopic (exact) mass is 482 g/mol. The van der Waals surface area contributed by atoms with Gasteiger partial charge in [-0.15, -0.1) is 0 Å². The van der Waals surface area contributed by atoms with Crippen LogP contribution in [0, 0.1) is 10.5 Å². The standard InChI is InChI=1S/C11H9Br2IN4/c1-5-8(14)10(15-2)18-11(17-5)9-7(13)3-6(12)4-16-9/h3-4H,1-2H3,(H,15,17,18). The number of anilines is 1. The summed E-state index contributed by atoms with van der Waals surface area (Å²) in [6.45, 7) is 1.96. The second-order valence-electron chi connectivity index (χ2n) is 3.53. The second kappa shape index (κ2) is 5.79. The number of rotatable bonds is 2. The summed E-state index contributed by atoms with van der Waals surface area (Å²) in [7, 11) is 1.85. The Morgan fingerprint density at radius 1 is 1.28 bits per heavy atom. The summed E-state index contributed by atoms with van der Waals surface area (Å²) in [5, 5.41) is 3.07. The molecule has 18 heavy (non-hydrogen) atoms. The van der Waals surface area contributed by atoms with Crippen LogP contribution in [0.25, 0.3) is 11.5 Å². The first kappa shape index (κ1) is 14.1. The van der Waals surface area contributed by atoms with Crippen molar-refractivity contribution >= 4 is 60.3 Å². The summed E-state index contributed by atoms with van der Waals surface area (Å²) < 4.78 is 2.79. The van der Waals surface area contributed by atoms with Gasteiger partial charge in [0.05, 0.1) is 9.26 Å². The Bertz CT molecular complexity index is 604. The molecular weight excluding hydrogens is 475 g/mol. The molecule has 0 radical (unpaired) electrons. The molecule has 0 unspecified atom stereocenters. The average Bonchev–Trinajstić information content (AvgIpc) is 2.32. The lowest BCUT2D eigenvalue weighted by molar-refractivity contribution is 1.07. The van der Waals surface area contributed by atoms with Crippen molar-refractivity contribution in [3.8, 4) is 11.5 Å². The van der Waals surface area contributed by atoms with E-state index < -0.39 is 0 Å². The number of nitrogens with zero attached hydrogens (tertiary/aromatic N) is 3. The van der Waals surface area contributed by atoms with E-state index in [9.17, 15) is 0 Å². The van der Waals surface area contributed by atoms with Gasteiger partial charge in [0.25, 0.3) is 0 Å². The minimum absolute atomic E-state index is 0.608. The molecule has 0 spiro atoms. The van der Waals surface area contributed by atoms with Gasteiger partial charge in [-0.1, -0.05) is 0 Å². The van der Waals surface area contributed by atoms with Crippen molar-refractivity contribution < 1.29 is 0 Å². The van der Waals surface area contributed by atoms with Crippen LogP contribution in [0.2, 0.25) is 0 Å². The molecule has 2 rings (SSSR count). The third-order valence-electron chi connectivity index (χ3n) is 2.27. The Kier molecular flexibility index (Phi) is 4.54. The van der Waals surface area contributed by atoms with Gasteiger partial charge in [0, 0.05) is 22.2 Å². The Hall–Kier alpha value is -0.280. The highest BCUT2D eigenvalue weighted by atomic mass is 127. The fourth-order valence-corrected chi connectivity index (χ4v) is 3.09. The van der Waals surface area contributed by atoms with E-state index in [1.54, 1.807) is 6.20 Å². The molecule has 7 heteroatoms. The van der Waals surface area contributed by atoms with Gasteiger partial charge in [-0.3, -0.25) is 4.98 Å². The van der Waals surface area contributed by atoms with Crippen LogP contribution in [-0.4, -0.2) is 22.0 Å². The molecule has 94 valence electrons. The molecule has 4 nitrogen and oxygen atoms in total. The molecule has 1 N–H and O–H groups in total. The van der Waals surface area contributed by atoms with E-state index in [0.29, 0.717) is 5.82 Å². The Morgan fingerprint density at radius 3 is 2.61 bits per heavy atom. The number of nitrogens with one attached hydrogen (secondary N) is 1. The van der Waals surface area contributed by atoms with Crippen LogP contribution in [0.3, 0.4) is 0 Å². The van der Waals surface area contributed by atoms with Crippen molar-refractivity contribution in [2.75, 3.05) is 12.4 Å². The van der Waals surface area contributed by atoms with Crippen LogP contribution in [0.1, 0.15) is 5.69 Å². The summed E-state index contributed by atoms with van der Waals surface area (Å²) in [5.41, 5.74) is 1.66. The summed E-state index contributed by atoms with van der Waals surface area (Å²) in [6.07, 6.45) is 1.73. The summed E-state index contributed by atoms with van der Waals surface area (Å²) in [4.78, 5) is 13.3. The van der Waals surface area contributed by atoms with Crippen LogP contribution < -0.4 is 5.32 Å². The molecule has 0 aromatic carbocycles. The highest BCUT2D eigenvalue weighted by molar-refractivity contribution is 14.1. The van der Waals surface area contributed by atoms with Crippen LogP contribution in [-0.2, 0) is 0 Å². The van der Waals surface area contributed by atoms with Crippen molar-refractivity contribution in [2.24, 2.45) is 0 Å². The maximum absolute atomic E-state index is 4.48. The van der Waals surface area contributed by atoms with Crippen LogP contribution in [0.15, 0.2) is 21.2 Å². The molecule has 0 amide bonds. The van der Waals surface area contributed by atoms with Crippen molar-refractivity contribution in [1.82, 2.24) is 15.0 Å². The molecule has 0 bridgehead atoms. The van der Waals surface area contributed by atoms with Gasteiger partial charge in [0.2, 0.25) is 0 Å². The Labute approximate surface area is 135 Å². The summed E-state index contributed by atoms with van der Waals surface area (Å²) >= 11 is 9.08. The SMILES string of the molecule is CNc1nc(-c2ncc(Br)cc2Br)nc(C)c1I. The predicted octanol–water partition coefficient (Wildman–Crippen LogP) is 4.02. The largest absolute Gasteiger partial charge is 0.372 e. The minimum Gasteiger partial charge on any atom is -0.372 e. The van der Waals surface area contributed by atoms with Gasteiger partial charge < -0.3 is 5.32 Å². The molecule has 2 aromatic rings. The van der Waals surface area contributed by atoms with E-state index >= 15 is 0 Å². The quantitative estimate of drug-likeness (QED) is 0.656. The second-order valence-corrected chi connectivity index (χ2v) is 6.38. The zero-order valence-electron chi connectivity index (χ0n) is 9.63. The van der Waals surface area contributed by atoms with Crippen LogP contribution >= 0.6 is 54.5 Å². The molecule has 0 saturated heterocycles. The molecule has 0 saturated carbocycles. The number of hydrogen-bond acceptors (Lipinski definition) is 4. The topological polar surface area (TPSA) is 50.7 Å². The zero-order chi connectivity index (χ0) is 13.3. The predicted molar refractivity (Wildman–Crippen MR) is 87.7 cm³/mol. The lowest BCUT2D eigenvalue weighted by Gasteiger charge is -2.09. The zero-order valence-corrected chi connectivity index (χ0v) is 15.0. The normalized spacial score (nSPS) is 10.5. The number of pyridine rings is 1. The first-order chi connectivity index (χ1) is 8.52. The van der Waals surface area contributed by atoms with Crippen molar-refractivity contribution in [2.45, 2.75) is 6.92 Å². The molecule has 0 aliphatic rings. The molecule has 0 fully saturated rings. The van der Waals surface area contributed by atoms with E-state index in [-0.39, 0.29) is 0 Å². The highest BCUT2D eigenvalue weighted by Crippen LogP contribution is 2.28. The van der Waals surface area contributed by atoms with Crippen molar-refractivity contribution in [1.29, 1.82) is 0 Å². The Balaban J connectivity index is 2.60. The fourth-order valence-electron chi connectivity index (χ4n) is 1.41. The first-order valence-corrected chi connectivity index (χ1v) is 7.72. The molecule has 2 aromatic heterocycles. The van der Waals surface area contributed by atoms with E-state index in [0.717, 1.165) is 29.7 Å². The van der Waals surface area contributed by atoms with Gasteiger partial charge in [0.15, 0.2) is 5.82 Å². The van der Waals surface area contributed by atoms with Gasteiger partial charge in [-0.25, -0.2) is 9.97 Å². The number of hydrogen-bond donors (Lipinski definition) is 1. The maximum atomic E-state index is 4.48. The van der Waals surface area contributed by atoms with E-state index in [2.05, 4.69) is 74.7 Å². The highest BCUT2D eigenvalue weighted by Gasteiger charge is 2.13. The number of aromatic nitrogens is 3. The van der Waals surface area contributed by atoms with Crippen LogP contribution in [0.5, 0.6) is 0 Å². The molecule has 0 atom stereocenters. The summed E-state index contributed by atoms with van der Waals surface area (Å²) in [5.74, 6) is 1.42. The molecular formula is C11H9Br2IN4. The van der Waals surface area contributed by atoms with Gasteiger partial charge in [-0.2, -0.15) is 0 Å². The average molecular weight is 484 g/mol. The van der Waals surface area contributed by atoms with Crippen molar-refractivity contribution in [3.63, 3.8) is 0 Å². The smallest absolute Gasteiger partial charge is 0.181 e. The van der Waals surface area contributed by atoms with E-state index in [4.69, 9.17) is 0 Å². The lowest BCUT2D eigenvalue weighted by atomic mass is 10.3. The molecule has 0 aliphatic heterocycles. The molecule has 2 heterocycles. The molecule has 0 aliphatic carbocycles.